The Bertz CT molecular complexity index is 393. The van der Waals surface area contributed by atoms with E-state index in [2.05, 4.69) is 0 Å². The average Bonchev–Trinajstić information content (AvgIpc) is 2.77. The van der Waals surface area contributed by atoms with E-state index in [1.807, 2.05) is 13.8 Å². The first-order valence-electron chi connectivity index (χ1n) is 6.52. The van der Waals surface area contributed by atoms with Crippen LogP contribution in [-0.2, 0) is 14.8 Å². The molecule has 0 spiro atoms. The Kier molecular flexibility index (Phi) is 5.16. The van der Waals surface area contributed by atoms with Crippen LogP contribution in [0.5, 0.6) is 0 Å². The highest BCUT2D eigenvalue weighted by Gasteiger charge is 2.44. The molecule has 5 nitrogen and oxygen atoms in total. The van der Waals surface area contributed by atoms with Crippen LogP contribution in [0.1, 0.15) is 46.0 Å². The predicted molar refractivity (Wildman–Crippen MR) is 69.8 cm³/mol. The second-order valence-electron chi connectivity index (χ2n) is 5.11. The van der Waals surface area contributed by atoms with Gasteiger partial charge in [-0.1, -0.05) is 19.8 Å². The van der Waals surface area contributed by atoms with Gasteiger partial charge in [0.15, 0.2) is 0 Å². The van der Waals surface area contributed by atoms with Crippen molar-refractivity contribution in [3.05, 3.63) is 0 Å². The largest absolute Gasteiger partial charge is 0.481 e. The number of aliphatic carboxylic acids is 1. The van der Waals surface area contributed by atoms with Gasteiger partial charge in [-0.05, 0) is 26.2 Å². The van der Waals surface area contributed by atoms with Crippen molar-refractivity contribution in [2.24, 2.45) is 5.92 Å². The molecule has 1 saturated carbocycles. The van der Waals surface area contributed by atoms with Gasteiger partial charge in [-0.25, -0.2) is 12.7 Å². The Balaban J connectivity index is 2.88. The molecule has 0 radical (unpaired) electrons. The standard InChI is InChI=1S/C12H23NO4S/c1-4-6-9(2)13(3)18(16,17)11-8-5-7-10(11)12(14)15/h9-11H,4-8H2,1-3H3,(H,14,15). The van der Waals surface area contributed by atoms with Crippen molar-refractivity contribution in [3.8, 4) is 0 Å². The summed E-state index contributed by atoms with van der Waals surface area (Å²) in [6.45, 7) is 3.87. The summed E-state index contributed by atoms with van der Waals surface area (Å²) in [5.41, 5.74) is 0. The predicted octanol–water partition coefficient (Wildman–Crippen LogP) is 1.69. The molecule has 1 rings (SSSR count). The minimum atomic E-state index is -3.50. The third kappa shape index (κ3) is 3.03. The SMILES string of the molecule is CCCC(C)N(C)S(=O)(=O)C1CCCC1C(=O)O. The van der Waals surface area contributed by atoms with Crippen LogP contribution in [0, 0.1) is 5.92 Å². The highest BCUT2D eigenvalue weighted by atomic mass is 32.2. The average molecular weight is 277 g/mol. The molecular formula is C12H23NO4S. The summed E-state index contributed by atoms with van der Waals surface area (Å²) in [4.78, 5) is 11.1. The van der Waals surface area contributed by atoms with Crippen LogP contribution >= 0.6 is 0 Å². The number of hydrogen-bond donors (Lipinski definition) is 1. The lowest BCUT2D eigenvalue weighted by molar-refractivity contribution is -0.141. The molecule has 3 atom stereocenters. The van der Waals surface area contributed by atoms with Gasteiger partial charge in [-0.15, -0.1) is 0 Å². The Labute approximate surface area is 109 Å². The summed E-state index contributed by atoms with van der Waals surface area (Å²) >= 11 is 0. The fourth-order valence-corrected chi connectivity index (χ4v) is 4.80. The second kappa shape index (κ2) is 6.02. The summed E-state index contributed by atoms with van der Waals surface area (Å²) in [7, 11) is -1.94. The molecule has 0 aliphatic heterocycles. The lowest BCUT2D eigenvalue weighted by Gasteiger charge is -2.28. The fourth-order valence-electron chi connectivity index (χ4n) is 2.63. The van der Waals surface area contributed by atoms with Gasteiger partial charge in [-0.2, -0.15) is 0 Å². The first kappa shape index (κ1) is 15.4. The Morgan fingerprint density at radius 2 is 2.06 bits per heavy atom. The van der Waals surface area contributed by atoms with Gasteiger partial charge < -0.3 is 5.11 Å². The van der Waals surface area contributed by atoms with E-state index in [0.717, 1.165) is 12.8 Å². The van der Waals surface area contributed by atoms with Crippen LogP contribution in [0.15, 0.2) is 0 Å². The zero-order chi connectivity index (χ0) is 13.9. The van der Waals surface area contributed by atoms with E-state index in [4.69, 9.17) is 5.11 Å². The zero-order valence-electron chi connectivity index (χ0n) is 11.3. The van der Waals surface area contributed by atoms with E-state index in [1.165, 1.54) is 4.31 Å². The molecule has 0 amide bonds. The maximum atomic E-state index is 12.4. The van der Waals surface area contributed by atoms with Crippen molar-refractivity contribution in [3.63, 3.8) is 0 Å². The first-order chi connectivity index (χ1) is 8.32. The van der Waals surface area contributed by atoms with Crippen molar-refractivity contribution in [1.29, 1.82) is 0 Å². The van der Waals surface area contributed by atoms with Gasteiger partial charge in [0.05, 0.1) is 11.2 Å². The van der Waals surface area contributed by atoms with E-state index in [1.54, 1.807) is 7.05 Å². The molecule has 3 unspecified atom stereocenters. The highest BCUT2D eigenvalue weighted by Crippen LogP contribution is 2.33. The number of rotatable bonds is 6. The van der Waals surface area contributed by atoms with Crippen molar-refractivity contribution >= 4 is 16.0 Å². The van der Waals surface area contributed by atoms with Crippen molar-refractivity contribution in [1.82, 2.24) is 4.31 Å². The molecule has 1 N–H and O–H groups in total. The van der Waals surface area contributed by atoms with Crippen LogP contribution in [0.25, 0.3) is 0 Å². The molecule has 1 aliphatic rings. The number of carbonyl (C=O) groups is 1. The molecule has 0 bridgehead atoms. The van der Waals surface area contributed by atoms with E-state index < -0.39 is 27.2 Å². The van der Waals surface area contributed by atoms with Gasteiger partial charge in [0.25, 0.3) is 0 Å². The van der Waals surface area contributed by atoms with Crippen molar-refractivity contribution < 1.29 is 18.3 Å². The van der Waals surface area contributed by atoms with E-state index in [9.17, 15) is 13.2 Å². The van der Waals surface area contributed by atoms with Gasteiger partial charge in [0.2, 0.25) is 10.0 Å². The smallest absolute Gasteiger partial charge is 0.307 e. The van der Waals surface area contributed by atoms with Crippen LogP contribution in [-0.4, -0.2) is 42.1 Å². The molecule has 106 valence electrons. The molecule has 1 aliphatic carbocycles. The second-order valence-corrected chi connectivity index (χ2v) is 7.32. The van der Waals surface area contributed by atoms with E-state index >= 15 is 0 Å². The number of carboxylic acid groups (broad SMARTS) is 1. The van der Waals surface area contributed by atoms with Crippen molar-refractivity contribution in [2.75, 3.05) is 7.05 Å². The minimum absolute atomic E-state index is 0.0740. The molecular weight excluding hydrogens is 254 g/mol. The van der Waals surface area contributed by atoms with Crippen LogP contribution in [0.3, 0.4) is 0 Å². The van der Waals surface area contributed by atoms with Crippen LogP contribution in [0.4, 0.5) is 0 Å². The number of sulfonamides is 1. The molecule has 0 saturated heterocycles. The molecule has 6 heteroatoms. The topological polar surface area (TPSA) is 74.7 Å². The molecule has 1 fully saturated rings. The quantitative estimate of drug-likeness (QED) is 0.801. The molecule has 18 heavy (non-hydrogen) atoms. The minimum Gasteiger partial charge on any atom is -0.481 e. The molecule has 0 aromatic rings. The van der Waals surface area contributed by atoms with E-state index in [-0.39, 0.29) is 6.04 Å². The Hall–Kier alpha value is -0.620. The lowest BCUT2D eigenvalue weighted by atomic mass is 10.1. The monoisotopic (exact) mass is 277 g/mol. The Morgan fingerprint density at radius 1 is 1.44 bits per heavy atom. The van der Waals surface area contributed by atoms with Gasteiger partial charge in [0.1, 0.15) is 0 Å². The molecule has 0 heterocycles. The third-order valence-electron chi connectivity index (χ3n) is 3.88. The molecule has 0 aromatic heterocycles. The molecule has 0 aromatic carbocycles. The third-order valence-corrected chi connectivity index (χ3v) is 6.37. The zero-order valence-corrected chi connectivity index (χ0v) is 12.1. The number of nitrogens with zero attached hydrogens (tertiary/aromatic N) is 1. The van der Waals surface area contributed by atoms with Gasteiger partial charge in [-0.3, -0.25) is 4.79 Å². The van der Waals surface area contributed by atoms with Crippen LogP contribution < -0.4 is 0 Å². The summed E-state index contributed by atoms with van der Waals surface area (Å²) in [6.07, 6.45) is 3.31. The first-order valence-corrected chi connectivity index (χ1v) is 8.02. The summed E-state index contributed by atoms with van der Waals surface area (Å²) in [6, 6.07) is -0.0740. The maximum absolute atomic E-state index is 12.4. The summed E-state index contributed by atoms with van der Waals surface area (Å²) in [5, 5.41) is 8.34. The Morgan fingerprint density at radius 3 is 2.56 bits per heavy atom. The maximum Gasteiger partial charge on any atom is 0.307 e. The summed E-state index contributed by atoms with van der Waals surface area (Å²) in [5.74, 6) is -1.73. The van der Waals surface area contributed by atoms with Crippen LogP contribution in [0.2, 0.25) is 0 Å². The van der Waals surface area contributed by atoms with Gasteiger partial charge >= 0.3 is 5.97 Å². The number of hydrogen-bond acceptors (Lipinski definition) is 3. The van der Waals surface area contributed by atoms with Gasteiger partial charge in [0, 0.05) is 13.1 Å². The fraction of sp³-hybridized carbons (Fsp3) is 0.917. The lowest BCUT2D eigenvalue weighted by Crippen LogP contribution is -2.44. The normalized spacial score (nSPS) is 26.4. The highest BCUT2D eigenvalue weighted by molar-refractivity contribution is 7.89. The van der Waals surface area contributed by atoms with E-state index in [0.29, 0.717) is 19.3 Å². The summed E-state index contributed by atoms with van der Waals surface area (Å²) < 4.78 is 26.2. The number of carboxylic acids is 1. The van der Waals surface area contributed by atoms with Crippen molar-refractivity contribution in [2.45, 2.75) is 57.2 Å².